The summed E-state index contributed by atoms with van der Waals surface area (Å²) in [6.07, 6.45) is 1.88. The van der Waals surface area contributed by atoms with Crippen LogP contribution in [-0.2, 0) is 0 Å². The van der Waals surface area contributed by atoms with E-state index < -0.39 is 0 Å². The summed E-state index contributed by atoms with van der Waals surface area (Å²) in [5.41, 5.74) is 2.09. The van der Waals surface area contributed by atoms with Crippen LogP contribution in [0, 0.1) is 0 Å². The number of urea groups is 1. The van der Waals surface area contributed by atoms with Crippen molar-refractivity contribution in [3.8, 4) is 5.75 Å². The van der Waals surface area contributed by atoms with Crippen molar-refractivity contribution >= 4 is 22.5 Å². The van der Waals surface area contributed by atoms with Gasteiger partial charge >= 0.3 is 6.03 Å². The minimum absolute atomic E-state index is 0.0366. The van der Waals surface area contributed by atoms with Crippen LogP contribution in [0.15, 0.2) is 66.7 Å². The van der Waals surface area contributed by atoms with Gasteiger partial charge in [-0.25, -0.2) is 4.79 Å². The van der Waals surface area contributed by atoms with Gasteiger partial charge < -0.3 is 15.3 Å². The van der Waals surface area contributed by atoms with Crippen molar-refractivity contribution in [3.63, 3.8) is 0 Å². The van der Waals surface area contributed by atoms with Gasteiger partial charge in [0.15, 0.2) is 0 Å². The summed E-state index contributed by atoms with van der Waals surface area (Å²) >= 11 is 0. The molecule has 1 saturated heterocycles. The van der Waals surface area contributed by atoms with Crippen molar-refractivity contribution in [1.82, 2.24) is 4.90 Å². The van der Waals surface area contributed by atoms with Gasteiger partial charge in [-0.1, -0.05) is 48.5 Å². The number of phenolic OH excluding ortho intramolecular Hbond substituents is 1. The molecule has 0 bridgehead atoms. The second kappa shape index (κ2) is 7.08. The van der Waals surface area contributed by atoms with E-state index in [-0.39, 0.29) is 6.03 Å². The zero-order chi connectivity index (χ0) is 17.9. The standard InChI is InChI=1S/C22H22N2O2/c25-19-10-8-16(9-11-19)17-12-14-24(15-13-17)22(26)23-21-7-3-5-18-4-1-2-6-20(18)21/h1-11,17,25H,12-15H2,(H,23,26). The van der Waals surface area contributed by atoms with E-state index in [9.17, 15) is 9.90 Å². The first-order valence-electron chi connectivity index (χ1n) is 9.03. The van der Waals surface area contributed by atoms with E-state index in [0.717, 1.165) is 42.4 Å². The summed E-state index contributed by atoms with van der Waals surface area (Å²) in [4.78, 5) is 14.6. The fourth-order valence-electron chi connectivity index (χ4n) is 3.69. The molecule has 4 nitrogen and oxygen atoms in total. The largest absolute Gasteiger partial charge is 0.508 e. The summed E-state index contributed by atoms with van der Waals surface area (Å²) in [5, 5.41) is 14.7. The topological polar surface area (TPSA) is 52.6 Å². The predicted octanol–water partition coefficient (Wildman–Crippen LogP) is 4.96. The van der Waals surface area contributed by atoms with E-state index in [4.69, 9.17) is 0 Å². The van der Waals surface area contributed by atoms with Crippen molar-refractivity contribution < 1.29 is 9.90 Å². The molecular formula is C22H22N2O2. The molecule has 132 valence electrons. The van der Waals surface area contributed by atoms with E-state index in [0.29, 0.717) is 11.7 Å². The molecule has 1 aliphatic heterocycles. The highest BCUT2D eigenvalue weighted by molar-refractivity contribution is 6.01. The number of rotatable bonds is 2. The molecule has 4 rings (SSSR count). The number of carbonyl (C=O) groups excluding carboxylic acids is 1. The summed E-state index contributed by atoms with van der Waals surface area (Å²) in [7, 11) is 0. The van der Waals surface area contributed by atoms with Gasteiger partial charge in [-0.05, 0) is 47.9 Å². The van der Waals surface area contributed by atoms with E-state index >= 15 is 0 Å². The molecular weight excluding hydrogens is 324 g/mol. The first kappa shape index (κ1) is 16.5. The highest BCUT2D eigenvalue weighted by Gasteiger charge is 2.24. The Labute approximate surface area is 153 Å². The number of benzene rings is 3. The number of hydrogen-bond donors (Lipinski definition) is 2. The molecule has 2 N–H and O–H groups in total. The number of nitrogens with zero attached hydrogens (tertiary/aromatic N) is 1. The number of amides is 2. The third kappa shape index (κ3) is 3.36. The number of carbonyl (C=O) groups is 1. The van der Waals surface area contributed by atoms with Crippen molar-refractivity contribution in [2.75, 3.05) is 18.4 Å². The fraction of sp³-hybridized carbons (Fsp3) is 0.227. The van der Waals surface area contributed by atoms with E-state index in [1.165, 1.54) is 5.56 Å². The molecule has 0 unspecified atom stereocenters. The smallest absolute Gasteiger partial charge is 0.321 e. The number of piperidine rings is 1. The zero-order valence-electron chi connectivity index (χ0n) is 14.6. The summed E-state index contributed by atoms with van der Waals surface area (Å²) in [6, 6.07) is 21.4. The van der Waals surface area contributed by atoms with Gasteiger partial charge in [0.25, 0.3) is 0 Å². The molecule has 1 heterocycles. The maximum absolute atomic E-state index is 12.7. The van der Waals surface area contributed by atoms with Crippen LogP contribution in [0.2, 0.25) is 0 Å². The Morgan fingerprint density at radius 2 is 1.62 bits per heavy atom. The third-order valence-electron chi connectivity index (χ3n) is 5.18. The average molecular weight is 346 g/mol. The summed E-state index contributed by atoms with van der Waals surface area (Å²) < 4.78 is 0. The Balaban J connectivity index is 1.41. The summed E-state index contributed by atoms with van der Waals surface area (Å²) in [5.74, 6) is 0.734. The van der Waals surface area contributed by atoms with E-state index in [1.807, 2.05) is 59.5 Å². The molecule has 0 saturated carbocycles. The zero-order valence-corrected chi connectivity index (χ0v) is 14.6. The Hall–Kier alpha value is -3.01. The van der Waals surface area contributed by atoms with Crippen LogP contribution in [0.1, 0.15) is 24.3 Å². The number of phenols is 1. The number of hydrogen-bond acceptors (Lipinski definition) is 2. The Bertz CT molecular complexity index is 908. The van der Waals surface area contributed by atoms with Gasteiger partial charge in [0.2, 0.25) is 0 Å². The number of nitrogens with one attached hydrogen (secondary N) is 1. The minimum atomic E-state index is -0.0366. The van der Waals surface area contributed by atoms with Gasteiger partial charge in [-0.15, -0.1) is 0 Å². The highest BCUT2D eigenvalue weighted by Crippen LogP contribution is 2.30. The predicted molar refractivity (Wildman–Crippen MR) is 105 cm³/mol. The average Bonchev–Trinajstić information content (AvgIpc) is 2.69. The van der Waals surface area contributed by atoms with Gasteiger partial charge in [0.05, 0.1) is 5.69 Å². The monoisotopic (exact) mass is 346 g/mol. The van der Waals surface area contributed by atoms with Crippen molar-refractivity contribution in [1.29, 1.82) is 0 Å². The second-order valence-electron chi connectivity index (χ2n) is 6.81. The second-order valence-corrected chi connectivity index (χ2v) is 6.81. The van der Waals surface area contributed by atoms with Crippen LogP contribution in [0.3, 0.4) is 0 Å². The maximum Gasteiger partial charge on any atom is 0.321 e. The van der Waals surface area contributed by atoms with Crippen molar-refractivity contribution in [2.45, 2.75) is 18.8 Å². The summed E-state index contributed by atoms with van der Waals surface area (Å²) in [6.45, 7) is 1.48. The number of likely N-dealkylation sites (tertiary alicyclic amines) is 1. The van der Waals surface area contributed by atoms with Crippen molar-refractivity contribution in [3.05, 3.63) is 72.3 Å². The molecule has 2 amide bonds. The number of anilines is 1. The lowest BCUT2D eigenvalue weighted by Crippen LogP contribution is -2.40. The van der Waals surface area contributed by atoms with Gasteiger partial charge in [-0.2, -0.15) is 0 Å². The molecule has 0 aliphatic carbocycles. The van der Waals surface area contributed by atoms with Gasteiger partial charge in [-0.3, -0.25) is 0 Å². The van der Waals surface area contributed by atoms with E-state index in [1.54, 1.807) is 12.1 Å². The molecule has 4 heteroatoms. The van der Waals surface area contributed by atoms with Gasteiger partial charge in [0, 0.05) is 18.5 Å². The Kier molecular flexibility index (Phi) is 4.48. The molecule has 0 atom stereocenters. The van der Waals surface area contributed by atoms with E-state index in [2.05, 4.69) is 5.32 Å². The molecule has 0 aromatic heterocycles. The first-order chi connectivity index (χ1) is 12.7. The number of aromatic hydroxyl groups is 1. The molecule has 3 aromatic carbocycles. The van der Waals surface area contributed by atoms with Gasteiger partial charge in [0.1, 0.15) is 5.75 Å². The lowest BCUT2D eigenvalue weighted by Gasteiger charge is -2.32. The number of fused-ring (bicyclic) bond motifs is 1. The highest BCUT2D eigenvalue weighted by atomic mass is 16.3. The molecule has 0 radical (unpaired) electrons. The maximum atomic E-state index is 12.7. The quantitative estimate of drug-likeness (QED) is 0.689. The van der Waals surface area contributed by atoms with Crippen LogP contribution >= 0.6 is 0 Å². The molecule has 1 fully saturated rings. The molecule has 26 heavy (non-hydrogen) atoms. The Morgan fingerprint density at radius 3 is 2.38 bits per heavy atom. The third-order valence-corrected chi connectivity index (χ3v) is 5.18. The van der Waals surface area contributed by atoms with Crippen LogP contribution in [0.4, 0.5) is 10.5 Å². The van der Waals surface area contributed by atoms with Crippen LogP contribution in [0.25, 0.3) is 10.8 Å². The van der Waals surface area contributed by atoms with Crippen molar-refractivity contribution in [2.24, 2.45) is 0 Å². The fourth-order valence-corrected chi connectivity index (χ4v) is 3.69. The van der Waals surface area contributed by atoms with Crippen LogP contribution < -0.4 is 5.32 Å². The molecule has 1 aliphatic rings. The minimum Gasteiger partial charge on any atom is -0.508 e. The first-order valence-corrected chi connectivity index (χ1v) is 9.03. The van der Waals surface area contributed by atoms with Crippen LogP contribution in [-0.4, -0.2) is 29.1 Å². The normalized spacial score (nSPS) is 15.2. The molecule has 0 spiro atoms. The molecule has 3 aromatic rings. The lowest BCUT2D eigenvalue weighted by molar-refractivity contribution is 0.194. The van der Waals surface area contributed by atoms with Crippen LogP contribution in [0.5, 0.6) is 5.75 Å². The Morgan fingerprint density at radius 1 is 0.923 bits per heavy atom. The lowest BCUT2D eigenvalue weighted by atomic mass is 9.89. The SMILES string of the molecule is O=C(Nc1cccc2ccccc12)N1CCC(c2ccc(O)cc2)CC1.